The highest BCUT2D eigenvalue weighted by Crippen LogP contribution is 2.24. The van der Waals surface area contributed by atoms with Crippen molar-refractivity contribution < 1.29 is 9.59 Å². The van der Waals surface area contributed by atoms with Crippen LogP contribution in [0.2, 0.25) is 0 Å². The summed E-state index contributed by atoms with van der Waals surface area (Å²) in [6.45, 7) is 3.35. The molecule has 0 spiro atoms. The lowest BCUT2D eigenvalue weighted by Gasteiger charge is -2.21. The van der Waals surface area contributed by atoms with E-state index < -0.39 is 0 Å². The molecule has 1 aromatic carbocycles. The Morgan fingerprint density at radius 1 is 1.14 bits per heavy atom. The van der Waals surface area contributed by atoms with Gasteiger partial charge in [0.1, 0.15) is 0 Å². The third-order valence-corrected chi connectivity index (χ3v) is 3.34. The third kappa shape index (κ3) is 4.15. The van der Waals surface area contributed by atoms with E-state index in [2.05, 4.69) is 15.6 Å². The van der Waals surface area contributed by atoms with Crippen molar-refractivity contribution >= 4 is 11.8 Å². The Bertz CT molecular complexity index is 656. The number of aryl methyl sites for hydroxylation is 1. The fraction of sp³-hybridized carbons (Fsp3) is 0.235. The first-order valence-electron chi connectivity index (χ1n) is 7.07. The van der Waals surface area contributed by atoms with Crippen molar-refractivity contribution in [3.05, 3.63) is 65.5 Å². The van der Waals surface area contributed by atoms with Crippen LogP contribution in [0.15, 0.2) is 48.8 Å². The minimum atomic E-state index is -0.273. The van der Waals surface area contributed by atoms with Crippen molar-refractivity contribution in [1.82, 2.24) is 15.6 Å². The van der Waals surface area contributed by atoms with Crippen molar-refractivity contribution in [2.24, 2.45) is 0 Å². The Morgan fingerprint density at radius 3 is 2.45 bits per heavy atom. The lowest BCUT2D eigenvalue weighted by Crippen LogP contribution is -2.38. The van der Waals surface area contributed by atoms with Gasteiger partial charge in [-0.15, -0.1) is 0 Å². The number of rotatable bonds is 5. The molecule has 1 heterocycles. The average molecular weight is 297 g/mol. The Balaban J connectivity index is 2.25. The van der Waals surface area contributed by atoms with Crippen LogP contribution in [-0.2, 0) is 9.59 Å². The summed E-state index contributed by atoms with van der Waals surface area (Å²) in [5, 5.41) is 5.47. The molecule has 0 aliphatic carbocycles. The summed E-state index contributed by atoms with van der Waals surface area (Å²) >= 11 is 0. The molecule has 2 aromatic rings. The predicted molar refractivity (Wildman–Crippen MR) is 84.1 cm³/mol. The first-order chi connectivity index (χ1) is 10.6. The number of nitrogens with zero attached hydrogens (tertiary/aromatic N) is 1. The summed E-state index contributed by atoms with van der Waals surface area (Å²) in [5.41, 5.74) is 3.05. The van der Waals surface area contributed by atoms with Gasteiger partial charge in [0.05, 0.1) is 12.6 Å². The fourth-order valence-electron chi connectivity index (χ4n) is 2.22. The smallest absolute Gasteiger partial charge is 0.240 e. The molecule has 22 heavy (non-hydrogen) atoms. The van der Waals surface area contributed by atoms with Crippen molar-refractivity contribution in [3.63, 3.8) is 0 Å². The number of amides is 2. The fourth-order valence-corrected chi connectivity index (χ4v) is 2.22. The zero-order chi connectivity index (χ0) is 15.9. The second-order valence-electron chi connectivity index (χ2n) is 5.05. The van der Waals surface area contributed by atoms with Crippen molar-refractivity contribution in [1.29, 1.82) is 0 Å². The van der Waals surface area contributed by atoms with Crippen molar-refractivity contribution in [2.45, 2.75) is 19.9 Å². The number of carbonyl (C=O) groups excluding carboxylic acids is 2. The van der Waals surface area contributed by atoms with Crippen LogP contribution in [-0.4, -0.2) is 23.3 Å². The van der Waals surface area contributed by atoms with Gasteiger partial charge in [0, 0.05) is 19.3 Å². The van der Waals surface area contributed by atoms with E-state index in [1.54, 1.807) is 12.4 Å². The quantitative estimate of drug-likeness (QED) is 0.883. The molecule has 2 rings (SSSR count). The van der Waals surface area contributed by atoms with Gasteiger partial charge in [-0.1, -0.05) is 24.3 Å². The second-order valence-corrected chi connectivity index (χ2v) is 5.05. The van der Waals surface area contributed by atoms with Gasteiger partial charge in [0.15, 0.2) is 0 Å². The van der Waals surface area contributed by atoms with Gasteiger partial charge in [0.2, 0.25) is 11.8 Å². The molecule has 0 aliphatic rings. The van der Waals surface area contributed by atoms with E-state index >= 15 is 0 Å². The number of hydrogen-bond donors (Lipinski definition) is 2. The number of pyridine rings is 1. The molecular formula is C17H19N3O2. The maximum atomic E-state index is 12.1. The van der Waals surface area contributed by atoms with E-state index in [1.165, 1.54) is 6.92 Å². The minimum absolute atomic E-state index is 0.0389. The van der Waals surface area contributed by atoms with Crippen LogP contribution in [0.5, 0.6) is 0 Å². The Hall–Kier alpha value is -2.69. The van der Waals surface area contributed by atoms with Crippen molar-refractivity contribution in [3.8, 4) is 0 Å². The zero-order valence-corrected chi connectivity index (χ0v) is 12.7. The number of nitrogens with one attached hydrogen (secondary N) is 2. The summed E-state index contributed by atoms with van der Waals surface area (Å²) in [4.78, 5) is 27.0. The second kappa shape index (κ2) is 7.36. The van der Waals surface area contributed by atoms with E-state index in [-0.39, 0.29) is 24.4 Å². The Kier molecular flexibility index (Phi) is 5.25. The molecular weight excluding hydrogens is 278 g/mol. The molecule has 0 radical (unpaired) electrons. The molecule has 5 nitrogen and oxygen atoms in total. The van der Waals surface area contributed by atoms with Crippen LogP contribution in [0.4, 0.5) is 0 Å². The molecule has 5 heteroatoms. The van der Waals surface area contributed by atoms with Crippen LogP contribution >= 0.6 is 0 Å². The van der Waals surface area contributed by atoms with E-state index in [1.807, 2.05) is 43.3 Å². The molecule has 0 saturated carbocycles. The molecule has 1 aromatic heterocycles. The summed E-state index contributed by atoms with van der Waals surface area (Å²) in [7, 11) is 0. The van der Waals surface area contributed by atoms with E-state index in [0.717, 1.165) is 16.7 Å². The van der Waals surface area contributed by atoms with Crippen molar-refractivity contribution in [2.75, 3.05) is 6.54 Å². The largest absolute Gasteiger partial charge is 0.347 e. The van der Waals surface area contributed by atoms with Crippen LogP contribution in [0.3, 0.4) is 0 Å². The van der Waals surface area contributed by atoms with Crippen LogP contribution in [0, 0.1) is 6.92 Å². The highest BCUT2D eigenvalue weighted by Gasteiger charge is 2.18. The number of aromatic nitrogens is 1. The molecule has 0 fully saturated rings. The zero-order valence-electron chi connectivity index (χ0n) is 12.7. The summed E-state index contributed by atoms with van der Waals surface area (Å²) in [6, 6.07) is 11.4. The Labute approximate surface area is 129 Å². The number of carbonyl (C=O) groups is 2. The SMILES string of the molecule is CC(=O)NCC(=O)NC(c1ccncc1)c1ccccc1C. The summed E-state index contributed by atoms with van der Waals surface area (Å²) < 4.78 is 0. The molecule has 114 valence electrons. The topological polar surface area (TPSA) is 71.1 Å². The average Bonchev–Trinajstić information content (AvgIpc) is 2.52. The summed E-state index contributed by atoms with van der Waals surface area (Å²) in [5.74, 6) is -0.466. The van der Waals surface area contributed by atoms with E-state index in [4.69, 9.17) is 0 Å². The molecule has 0 aliphatic heterocycles. The lowest BCUT2D eigenvalue weighted by atomic mass is 9.95. The molecule has 2 amide bonds. The van der Waals surface area contributed by atoms with E-state index in [9.17, 15) is 9.59 Å². The maximum absolute atomic E-state index is 12.1. The van der Waals surface area contributed by atoms with Gasteiger partial charge in [0.25, 0.3) is 0 Å². The number of benzene rings is 1. The normalized spacial score (nSPS) is 11.5. The lowest BCUT2D eigenvalue weighted by molar-refractivity contribution is -0.125. The highest BCUT2D eigenvalue weighted by molar-refractivity contribution is 5.84. The van der Waals surface area contributed by atoms with E-state index in [0.29, 0.717) is 0 Å². The standard InChI is InChI=1S/C17H19N3O2/c1-12-5-3-4-6-15(12)17(14-7-9-18-10-8-14)20-16(22)11-19-13(2)21/h3-10,17H,11H2,1-2H3,(H,19,21)(H,20,22). The van der Waals surface area contributed by atoms with Crippen LogP contribution in [0.25, 0.3) is 0 Å². The molecule has 1 atom stereocenters. The van der Waals surface area contributed by atoms with Gasteiger partial charge in [-0.3, -0.25) is 14.6 Å². The first kappa shape index (κ1) is 15.7. The monoisotopic (exact) mass is 297 g/mol. The minimum Gasteiger partial charge on any atom is -0.347 e. The van der Waals surface area contributed by atoms with Crippen LogP contribution in [0.1, 0.15) is 29.7 Å². The maximum Gasteiger partial charge on any atom is 0.240 e. The predicted octanol–water partition coefficient (Wildman–Crippen LogP) is 1.73. The summed E-state index contributed by atoms with van der Waals surface area (Å²) in [6.07, 6.45) is 3.39. The Morgan fingerprint density at radius 2 is 1.82 bits per heavy atom. The van der Waals surface area contributed by atoms with Gasteiger partial charge in [-0.2, -0.15) is 0 Å². The molecule has 0 bridgehead atoms. The molecule has 0 saturated heterocycles. The molecule has 1 unspecified atom stereocenters. The van der Waals surface area contributed by atoms with Crippen LogP contribution < -0.4 is 10.6 Å². The first-order valence-corrected chi connectivity index (χ1v) is 7.07. The van der Waals surface area contributed by atoms with Gasteiger partial charge < -0.3 is 10.6 Å². The van der Waals surface area contributed by atoms with Gasteiger partial charge >= 0.3 is 0 Å². The highest BCUT2D eigenvalue weighted by atomic mass is 16.2. The third-order valence-electron chi connectivity index (χ3n) is 3.34. The number of hydrogen-bond acceptors (Lipinski definition) is 3. The van der Waals surface area contributed by atoms with Gasteiger partial charge in [-0.25, -0.2) is 0 Å². The molecule has 2 N–H and O–H groups in total. The van der Waals surface area contributed by atoms with Gasteiger partial charge in [-0.05, 0) is 35.7 Å².